The number of rotatable bonds is 2. The number of hydrogen-bond donors (Lipinski definition) is 1. The van der Waals surface area contributed by atoms with Gasteiger partial charge in [0.2, 0.25) is 0 Å². The Hall–Kier alpha value is -1.23. The second-order valence-electron chi connectivity index (χ2n) is 4.25. The lowest BCUT2D eigenvalue weighted by molar-refractivity contribution is 0.0696. The second-order valence-corrected chi connectivity index (χ2v) is 5.10. The van der Waals surface area contributed by atoms with E-state index in [0.717, 1.165) is 16.7 Å². The molecule has 2 rings (SSSR count). The van der Waals surface area contributed by atoms with Gasteiger partial charge in [-0.1, -0.05) is 0 Å². The fourth-order valence-electron chi connectivity index (χ4n) is 1.97. The molecule has 4 nitrogen and oxygen atoms in total. The number of carbonyl (C=O) groups is 1. The largest absolute Gasteiger partial charge is 0.490 e. The Morgan fingerprint density at radius 1 is 1.53 bits per heavy atom. The molecule has 0 fully saturated rings. The number of anilines is 1. The van der Waals surface area contributed by atoms with Crippen LogP contribution in [-0.4, -0.2) is 30.3 Å². The van der Waals surface area contributed by atoms with Crippen LogP contribution in [0.4, 0.5) is 5.69 Å². The summed E-state index contributed by atoms with van der Waals surface area (Å²) in [5.41, 5.74) is 1.18. The van der Waals surface area contributed by atoms with Crippen LogP contribution in [0.5, 0.6) is 5.75 Å². The zero-order valence-electron chi connectivity index (χ0n) is 9.74. The minimum Gasteiger partial charge on any atom is -0.490 e. The molecule has 0 saturated carbocycles. The first-order valence-corrected chi connectivity index (χ1v) is 6.26. The normalized spacial score (nSPS) is 14.5. The fourth-order valence-corrected chi connectivity index (χ4v) is 2.64. The highest BCUT2D eigenvalue weighted by atomic mass is 79.9. The number of fused-ring (bicyclic) bond motifs is 1. The topological polar surface area (TPSA) is 49.8 Å². The van der Waals surface area contributed by atoms with Crippen LogP contribution in [0.3, 0.4) is 0 Å². The van der Waals surface area contributed by atoms with E-state index in [1.807, 2.05) is 0 Å². The molecular formula is C12H14BrNO3. The summed E-state index contributed by atoms with van der Waals surface area (Å²) < 4.78 is 6.31. The smallest absolute Gasteiger partial charge is 0.335 e. The Labute approximate surface area is 108 Å². The standard InChI is InChI=1S/C12H14BrNO3/c1-7(2)14-3-4-17-10-6-8(12(15)16)5-9(13)11(10)14/h5-7H,3-4H2,1-2H3,(H,15,16). The summed E-state index contributed by atoms with van der Waals surface area (Å²) in [6, 6.07) is 3.55. The Kier molecular flexibility index (Phi) is 3.28. The zero-order valence-corrected chi connectivity index (χ0v) is 11.3. The van der Waals surface area contributed by atoms with Gasteiger partial charge in [-0.25, -0.2) is 4.79 Å². The van der Waals surface area contributed by atoms with Gasteiger partial charge in [0.15, 0.2) is 0 Å². The van der Waals surface area contributed by atoms with E-state index in [-0.39, 0.29) is 5.56 Å². The molecule has 0 spiro atoms. The molecule has 5 heteroatoms. The summed E-state index contributed by atoms with van der Waals surface area (Å²) in [5.74, 6) is -0.310. The van der Waals surface area contributed by atoms with E-state index in [9.17, 15) is 4.79 Å². The lowest BCUT2D eigenvalue weighted by Gasteiger charge is -2.35. The third-order valence-electron chi connectivity index (χ3n) is 2.78. The number of hydrogen-bond acceptors (Lipinski definition) is 3. The van der Waals surface area contributed by atoms with Gasteiger partial charge >= 0.3 is 5.97 Å². The average molecular weight is 300 g/mol. The Balaban J connectivity index is 2.52. The van der Waals surface area contributed by atoms with Gasteiger partial charge in [0, 0.05) is 10.5 Å². The van der Waals surface area contributed by atoms with Crippen molar-refractivity contribution in [2.75, 3.05) is 18.1 Å². The minimum absolute atomic E-state index is 0.237. The van der Waals surface area contributed by atoms with Gasteiger partial charge in [0.25, 0.3) is 0 Å². The van der Waals surface area contributed by atoms with Gasteiger partial charge < -0.3 is 14.7 Å². The van der Waals surface area contributed by atoms with Gasteiger partial charge in [-0.05, 0) is 41.9 Å². The minimum atomic E-state index is -0.946. The van der Waals surface area contributed by atoms with Gasteiger partial charge in [-0.3, -0.25) is 0 Å². The maximum atomic E-state index is 11.0. The maximum Gasteiger partial charge on any atom is 0.335 e. The zero-order chi connectivity index (χ0) is 12.6. The lowest BCUT2D eigenvalue weighted by Crippen LogP contribution is -2.38. The van der Waals surface area contributed by atoms with Crippen LogP contribution < -0.4 is 9.64 Å². The van der Waals surface area contributed by atoms with Crippen LogP contribution in [-0.2, 0) is 0 Å². The third-order valence-corrected chi connectivity index (χ3v) is 3.38. The van der Waals surface area contributed by atoms with E-state index in [1.165, 1.54) is 0 Å². The highest BCUT2D eigenvalue weighted by molar-refractivity contribution is 9.10. The maximum absolute atomic E-state index is 11.0. The van der Waals surface area contributed by atoms with E-state index in [1.54, 1.807) is 12.1 Å². The van der Waals surface area contributed by atoms with E-state index in [2.05, 4.69) is 34.7 Å². The van der Waals surface area contributed by atoms with E-state index < -0.39 is 5.97 Å². The number of halogens is 1. The van der Waals surface area contributed by atoms with Gasteiger partial charge in [-0.15, -0.1) is 0 Å². The van der Waals surface area contributed by atoms with Crippen molar-refractivity contribution in [2.24, 2.45) is 0 Å². The molecule has 1 aliphatic rings. The summed E-state index contributed by atoms with van der Waals surface area (Å²) in [6.07, 6.45) is 0. The van der Waals surface area contributed by atoms with Crippen molar-refractivity contribution < 1.29 is 14.6 Å². The number of nitrogens with zero attached hydrogens (tertiary/aromatic N) is 1. The van der Waals surface area contributed by atoms with Crippen LogP contribution in [0.25, 0.3) is 0 Å². The summed E-state index contributed by atoms with van der Waals surface area (Å²) in [4.78, 5) is 13.2. The molecule has 0 aliphatic carbocycles. The molecule has 0 radical (unpaired) electrons. The van der Waals surface area contributed by atoms with Crippen molar-refractivity contribution in [1.29, 1.82) is 0 Å². The van der Waals surface area contributed by atoms with Crippen molar-refractivity contribution in [3.63, 3.8) is 0 Å². The van der Waals surface area contributed by atoms with Crippen LogP contribution >= 0.6 is 15.9 Å². The van der Waals surface area contributed by atoms with Crippen molar-refractivity contribution in [1.82, 2.24) is 0 Å². The van der Waals surface area contributed by atoms with Crippen molar-refractivity contribution in [3.8, 4) is 5.75 Å². The van der Waals surface area contributed by atoms with Crippen molar-refractivity contribution >= 4 is 27.6 Å². The quantitative estimate of drug-likeness (QED) is 0.912. The van der Waals surface area contributed by atoms with E-state index in [0.29, 0.717) is 18.4 Å². The average Bonchev–Trinajstić information content (AvgIpc) is 2.27. The van der Waals surface area contributed by atoms with Crippen molar-refractivity contribution in [3.05, 3.63) is 22.2 Å². The number of benzene rings is 1. The predicted molar refractivity (Wildman–Crippen MR) is 69.1 cm³/mol. The van der Waals surface area contributed by atoms with Crippen LogP contribution in [0, 0.1) is 0 Å². The molecule has 1 N–H and O–H groups in total. The molecule has 0 saturated heterocycles. The third kappa shape index (κ3) is 2.24. The van der Waals surface area contributed by atoms with E-state index in [4.69, 9.17) is 9.84 Å². The molecule has 1 aromatic carbocycles. The lowest BCUT2D eigenvalue weighted by atomic mass is 10.1. The molecule has 0 aromatic heterocycles. The van der Waals surface area contributed by atoms with E-state index >= 15 is 0 Å². The molecule has 0 unspecified atom stereocenters. The molecule has 92 valence electrons. The van der Waals surface area contributed by atoms with Gasteiger partial charge in [0.1, 0.15) is 12.4 Å². The highest BCUT2D eigenvalue weighted by Gasteiger charge is 2.24. The number of carboxylic acid groups (broad SMARTS) is 1. The van der Waals surface area contributed by atoms with Gasteiger partial charge in [0.05, 0.1) is 17.8 Å². The molecule has 1 aromatic rings. The Bertz CT molecular complexity index is 459. The SMILES string of the molecule is CC(C)N1CCOc2cc(C(=O)O)cc(Br)c21. The number of carboxylic acids is 1. The molecule has 0 atom stereocenters. The van der Waals surface area contributed by atoms with Crippen LogP contribution in [0.1, 0.15) is 24.2 Å². The van der Waals surface area contributed by atoms with Crippen LogP contribution in [0.2, 0.25) is 0 Å². The summed E-state index contributed by atoms with van der Waals surface area (Å²) >= 11 is 3.42. The fraction of sp³-hybridized carbons (Fsp3) is 0.417. The molecule has 0 amide bonds. The first-order chi connectivity index (χ1) is 8.00. The summed E-state index contributed by atoms with van der Waals surface area (Å²) in [6.45, 7) is 5.61. The molecular weight excluding hydrogens is 286 g/mol. The van der Waals surface area contributed by atoms with Crippen molar-refractivity contribution in [2.45, 2.75) is 19.9 Å². The predicted octanol–water partition coefficient (Wildman–Crippen LogP) is 2.75. The van der Waals surface area contributed by atoms with Gasteiger partial charge in [-0.2, -0.15) is 0 Å². The summed E-state index contributed by atoms with van der Waals surface area (Å²) in [5, 5.41) is 9.00. The monoisotopic (exact) mass is 299 g/mol. The first kappa shape index (κ1) is 12.2. The first-order valence-electron chi connectivity index (χ1n) is 5.47. The number of aromatic carboxylic acids is 1. The molecule has 0 bridgehead atoms. The molecule has 1 aliphatic heterocycles. The summed E-state index contributed by atoms with van der Waals surface area (Å²) in [7, 11) is 0. The molecule has 1 heterocycles. The Morgan fingerprint density at radius 2 is 2.24 bits per heavy atom. The second kappa shape index (κ2) is 4.56. The Morgan fingerprint density at radius 3 is 2.82 bits per heavy atom. The van der Waals surface area contributed by atoms with Crippen LogP contribution in [0.15, 0.2) is 16.6 Å². The number of ether oxygens (including phenoxy) is 1. The highest BCUT2D eigenvalue weighted by Crippen LogP contribution is 2.40. The molecule has 17 heavy (non-hydrogen) atoms.